The molecule has 29 heavy (non-hydrogen) atoms. The lowest BCUT2D eigenvalue weighted by Crippen LogP contribution is -2.34. The van der Waals surface area contributed by atoms with Crippen LogP contribution in [0.15, 0.2) is 0 Å². The van der Waals surface area contributed by atoms with Crippen molar-refractivity contribution in [3.05, 3.63) is 10.7 Å². The predicted molar refractivity (Wildman–Crippen MR) is 117 cm³/mol. The van der Waals surface area contributed by atoms with E-state index in [1.165, 1.54) is 13.8 Å². The number of nitrogens with two attached hydrogens (primary N) is 2. The number of rotatable bonds is 2. The molecule has 2 unspecified atom stereocenters. The van der Waals surface area contributed by atoms with Crippen LogP contribution in [0.2, 0.25) is 5.15 Å². The van der Waals surface area contributed by atoms with Crippen LogP contribution in [-0.4, -0.2) is 39.6 Å². The Morgan fingerprint density at radius 2 is 1.93 bits per heavy atom. The number of aromatic nitrogens is 1. The number of hydrogen-bond donors (Lipinski definition) is 5. The van der Waals surface area contributed by atoms with E-state index < -0.39 is 5.79 Å². The van der Waals surface area contributed by atoms with Gasteiger partial charge >= 0.3 is 0 Å². The van der Waals surface area contributed by atoms with Gasteiger partial charge in [0.25, 0.3) is 0 Å². The Morgan fingerprint density at radius 3 is 2.41 bits per heavy atom. The molecule has 0 aromatic carbocycles. The van der Waals surface area contributed by atoms with E-state index in [4.69, 9.17) is 33.3 Å². The fourth-order valence-electron chi connectivity index (χ4n) is 3.23. The first-order valence-corrected chi connectivity index (χ1v) is 10.1. The van der Waals surface area contributed by atoms with Crippen LogP contribution in [0.25, 0.3) is 0 Å². The van der Waals surface area contributed by atoms with E-state index in [0.29, 0.717) is 23.1 Å². The third-order valence-corrected chi connectivity index (χ3v) is 4.64. The zero-order valence-corrected chi connectivity index (χ0v) is 18.5. The van der Waals surface area contributed by atoms with Gasteiger partial charge in [0.15, 0.2) is 11.6 Å². The van der Waals surface area contributed by atoms with Crippen molar-refractivity contribution >= 4 is 34.7 Å². The van der Waals surface area contributed by atoms with Crippen molar-refractivity contribution in [2.75, 3.05) is 22.6 Å². The minimum absolute atomic E-state index is 0.0629. The van der Waals surface area contributed by atoms with Gasteiger partial charge in [-0.25, -0.2) is 4.98 Å². The molecule has 1 fully saturated rings. The highest BCUT2D eigenvalue weighted by molar-refractivity contribution is 6.31. The lowest BCUT2D eigenvalue weighted by Gasteiger charge is -2.25. The maximum Gasteiger partial charge on any atom is 0.220 e. The van der Waals surface area contributed by atoms with Crippen molar-refractivity contribution in [1.29, 1.82) is 0 Å². The molecule has 1 saturated carbocycles. The fourth-order valence-corrected chi connectivity index (χ4v) is 3.46. The number of carbonyl (C=O) groups excluding carboxylic acids is 1. The topological polar surface area (TPSA) is 138 Å². The normalized spacial score (nSPS) is 19.5. The molecule has 1 aliphatic heterocycles. The third-order valence-electron chi connectivity index (χ3n) is 4.37. The van der Waals surface area contributed by atoms with Gasteiger partial charge in [0.2, 0.25) is 5.91 Å². The number of halogens is 1. The van der Waals surface area contributed by atoms with Crippen molar-refractivity contribution in [3.63, 3.8) is 0 Å². The summed E-state index contributed by atoms with van der Waals surface area (Å²) in [7, 11) is 0. The third kappa shape index (κ3) is 6.67. The van der Waals surface area contributed by atoms with Crippen molar-refractivity contribution in [2.24, 2.45) is 11.7 Å². The molecule has 0 radical (unpaired) electrons. The molecule has 2 aliphatic rings. The molecule has 0 saturated heterocycles. The van der Waals surface area contributed by atoms with Gasteiger partial charge in [0, 0.05) is 12.0 Å². The zero-order chi connectivity index (χ0) is 22.4. The molecule has 2 atom stereocenters. The number of aliphatic hydroxyl groups is 2. The number of primary amides is 1. The van der Waals surface area contributed by atoms with E-state index in [-0.39, 0.29) is 17.9 Å². The molecule has 0 bridgehead atoms. The Balaban J connectivity index is 0.000000527. The van der Waals surface area contributed by atoms with Gasteiger partial charge in [-0.15, -0.1) is 5.92 Å². The summed E-state index contributed by atoms with van der Waals surface area (Å²) in [6, 6.07) is 0.220. The van der Waals surface area contributed by atoms with Crippen LogP contribution >= 0.6 is 11.6 Å². The number of amides is 1. The molecule has 1 aromatic rings. The zero-order valence-electron chi connectivity index (χ0n) is 17.7. The minimum Gasteiger partial charge on any atom is -0.396 e. The molecule has 1 aromatic heterocycles. The number of nitrogens with zero attached hydrogens (tertiary/aromatic N) is 2. The summed E-state index contributed by atoms with van der Waals surface area (Å²) in [6.45, 7) is 8.92. The van der Waals surface area contributed by atoms with Gasteiger partial charge < -0.3 is 31.9 Å². The number of fused-ring (bicyclic) bond motifs is 1. The van der Waals surface area contributed by atoms with Crippen molar-refractivity contribution in [3.8, 4) is 11.8 Å². The Morgan fingerprint density at radius 1 is 1.34 bits per heavy atom. The van der Waals surface area contributed by atoms with E-state index in [9.17, 15) is 4.79 Å². The summed E-state index contributed by atoms with van der Waals surface area (Å²) < 4.78 is 0. The molecule has 1 amide bonds. The van der Waals surface area contributed by atoms with Gasteiger partial charge in [0.05, 0.1) is 17.9 Å². The second kappa shape index (κ2) is 10.5. The number of anilines is 3. The predicted octanol–water partition coefficient (Wildman–Crippen LogP) is 2.27. The van der Waals surface area contributed by atoms with Crippen LogP contribution in [0, 0.1) is 17.8 Å². The average molecular weight is 426 g/mol. The molecule has 162 valence electrons. The van der Waals surface area contributed by atoms with Crippen LogP contribution in [0.4, 0.5) is 17.2 Å². The monoisotopic (exact) mass is 425 g/mol. The molecule has 0 spiro atoms. The summed E-state index contributed by atoms with van der Waals surface area (Å²) in [5, 5.41) is 19.7. The second-order valence-electron chi connectivity index (χ2n) is 7.13. The number of carbonyl (C=O) groups is 1. The van der Waals surface area contributed by atoms with Gasteiger partial charge in [0.1, 0.15) is 10.8 Å². The maximum atomic E-state index is 11.3. The van der Waals surface area contributed by atoms with Crippen LogP contribution in [0.1, 0.15) is 59.4 Å². The lowest BCUT2D eigenvalue weighted by molar-refractivity contribution is -0.127. The molecular formula is C20H32ClN5O3. The van der Waals surface area contributed by atoms with Crippen molar-refractivity contribution in [1.82, 2.24) is 4.98 Å². The second-order valence-corrected chi connectivity index (χ2v) is 7.49. The number of hydrogen-bond acceptors (Lipinski definition) is 7. The summed E-state index contributed by atoms with van der Waals surface area (Å²) in [5.41, 5.74) is 13.4. The summed E-state index contributed by atoms with van der Waals surface area (Å²) in [5.74, 6) is 4.63. The van der Waals surface area contributed by atoms with Gasteiger partial charge in [-0.05, 0) is 40.0 Å². The van der Waals surface area contributed by atoms with Gasteiger partial charge in [-0.1, -0.05) is 31.4 Å². The summed E-state index contributed by atoms with van der Waals surface area (Å²) in [4.78, 5) is 17.9. The molecule has 9 heteroatoms. The Labute approximate surface area is 177 Å². The standard InChI is InChI=1S/C15H18ClN5O.C3H8O2.C2H6/c1-2-3-10-11(17)12-15(20-13(10)16)21(7-19-12)9-5-4-8(6-9)14(18)22;1-3(2,4)5;1-2/h8-9,19H,4-7H2,1H3,(H2,17,20)(H2,18,22);4-5H,1-2H3;1-2H3. The molecule has 2 heterocycles. The van der Waals surface area contributed by atoms with E-state index >= 15 is 0 Å². The van der Waals surface area contributed by atoms with Crippen molar-refractivity contribution in [2.45, 2.75) is 65.7 Å². The first kappa shape index (κ1) is 24.8. The molecular weight excluding hydrogens is 394 g/mol. The Bertz CT molecular complexity index is 777. The maximum absolute atomic E-state index is 11.3. The fraction of sp³-hybridized carbons (Fsp3) is 0.600. The van der Waals surface area contributed by atoms with Crippen LogP contribution in [-0.2, 0) is 4.79 Å². The minimum atomic E-state index is -1.50. The van der Waals surface area contributed by atoms with E-state index in [1.807, 2.05) is 13.8 Å². The first-order valence-electron chi connectivity index (χ1n) is 9.69. The van der Waals surface area contributed by atoms with Gasteiger partial charge in [-0.3, -0.25) is 4.79 Å². The summed E-state index contributed by atoms with van der Waals surface area (Å²) >= 11 is 6.22. The Kier molecular flexibility index (Phi) is 9.02. The van der Waals surface area contributed by atoms with Gasteiger partial charge in [-0.2, -0.15) is 0 Å². The van der Waals surface area contributed by atoms with E-state index in [1.54, 1.807) is 6.92 Å². The average Bonchev–Trinajstić information content (AvgIpc) is 3.25. The number of nitrogens with one attached hydrogen (secondary N) is 1. The van der Waals surface area contributed by atoms with Crippen LogP contribution < -0.4 is 21.7 Å². The SMILES string of the molecule is CC.CC#Cc1c(Cl)nc2c(c1N)NCN2C1CCC(C(N)=O)C1.CC(C)(O)O. The smallest absolute Gasteiger partial charge is 0.220 e. The highest BCUT2D eigenvalue weighted by atomic mass is 35.5. The number of nitrogen functional groups attached to an aromatic ring is 1. The summed E-state index contributed by atoms with van der Waals surface area (Å²) in [6.07, 6.45) is 2.46. The highest BCUT2D eigenvalue weighted by Gasteiger charge is 2.36. The largest absolute Gasteiger partial charge is 0.396 e. The Hall–Kier alpha value is -2.21. The lowest BCUT2D eigenvalue weighted by atomic mass is 10.1. The quantitative estimate of drug-likeness (QED) is 0.278. The molecule has 3 rings (SSSR count). The highest BCUT2D eigenvalue weighted by Crippen LogP contribution is 2.42. The van der Waals surface area contributed by atoms with Crippen molar-refractivity contribution < 1.29 is 15.0 Å². The van der Waals surface area contributed by atoms with Crippen LogP contribution in [0.5, 0.6) is 0 Å². The van der Waals surface area contributed by atoms with Crippen LogP contribution in [0.3, 0.4) is 0 Å². The number of pyridine rings is 1. The molecule has 1 aliphatic carbocycles. The first-order chi connectivity index (χ1) is 13.5. The van der Waals surface area contributed by atoms with E-state index in [2.05, 4.69) is 27.0 Å². The molecule has 7 N–H and O–H groups in total. The van der Waals surface area contributed by atoms with E-state index in [0.717, 1.165) is 30.8 Å². The molecule has 8 nitrogen and oxygen atoms in total.